The van der Waals surface area contributed by atoms with Gasteiger partial charge >= 0.3 is 5.97 Å². The zero-order valence-electron chi connectivity index (χ0n) is 19.7. The fraction of sp³-hybridized carbons (Fsp3) is 0.741. The van der Waals surface area contributed by atoms with Gasteiger partial charge in [0, 0.05) is 0 Å². The van der Waals surface area contributed by atoms with E-state index in [4.69, 9.17) is 4.74 Å². The van der Waals surface area contributed by atoms with E-state index >= 15 is 0 Å². The van der Waals surface area contributed by atoms with Gasteiger partial charge in [0.25, 0.3) is 0 Å². The van der Waals surface area contributed by atoms with Crippen LogP contribution in [0, 0.1) is 5.41 Å². The summed E-state index contributed by atoms with van der Waals surface area (Å²) in [6, 6.07) is 8.13. The molecule has 0 radical (unpaired) electrons. The summed E-state index contributed by atoms with van der Waals surface area (Å²) in [5, 5.41) is 0. The maximum Gasteiger partial charge on any atom is 0.317 e. The van der Waals surface area contributed by atoms with Crippen molar-refractivity contribution >= 4 is 5.97 Å². The molecule has 1 aromatic carbocycles. The molecule has 0 aromatic heterocycles. The largest absolute Gasteiger partial charge is 0.426 e. The number of rotatable bonds is 17. The maximum atomic E-state index is 13.1. The van der Waals surface area contributed by atoms with E-state index in [1.807, 2.05) is 12.1 Å². The minimum Gasteiger partial charge on any atom is -0.426 e. The molecule has 2 heteroatoms. The molecule has 0 bridgehead atoms. The Morgan fingerprint density at radius 2 is 1.21 bits per heavy atom. The number of carbonyl (C=O) groups excluding carboxylic acids is 1. The van der Waals surface area contributed by atoms with E-state index < -0.39 is 0 Å². The standard InChI is InChI=1S/C27H46O2/c1-5-8-11-13-14-16-23-27(4,22-15-12-9-6-2)26(28)29-25-20-18-24(19-21-25)17-10-7-3/h18-21H,5-17,22-23H2,1-4H3. The Bertz CT molecular complexity index is 534. The second-order valence-corrected chi connectivity index (χ2v) is 9.03. The van der Waals surface area contributed by atoms with Crippen LogP contribution in [0.1, 0.15) is 123 Å². The van der Waals surface area contributed by atoms with Gasteiger partial charge in [-0.15, -0.1) is 0 Å². The highest BCUT2D eigenvalue weighted by molar-refractivity contribution is 5.78. The number of benzene rings is 1. The van der Waals surface area contributed by atoms with Crippen molar-refractivity contribution in [3.63, 3.8) is 0 Å². The van der Waals surface area contributed by atoms with E-state index in [2.05, 4.69) is 39.8 Å². The predicted octanol–water partition coefficient (Wildman–Crippen LogP) is 8.66. The predicted molar refractivity (Wildman–Crippen MR) is 126 cm³/mol. The van der Waals surface area contributed by atoms with Crippen molar-refractivity contribution < 1.29 is 9.53 Å². The van der Waals surface area contributed by atoms with E-state index in [9.17, 15) is 4.79 Å². The number of unbranched alkanes of at least 4 members (excludes halogenated alkanes) is 9. The lowest BCUT2D eigenvalue weighted by atomic mass is 9.79. The second-order valence-electron chi connectivity index (χ2n) is 9.03. The van der Waals surface area contributed by atoms with Crippen LogP contribution in [-0.2, 0) is 11.2 Å². The Morgan fingerprint density at radius 1 is 0.724 bits per heavy atom. The van der Waals surface area contributed by atoms with Gasteiger partial charge < -0.3 is 4.74 Å². The molecule has 0 aliphatic rings. The quantitative estimate of drug-likeness (QED) is 0.148. The highest BCUT2D eigenvalue weighted by atomic mass is 16.5. The van der Waals surface area contributed by atoms with Crippen LogP contribution in [0.2, 0.25) is 0 Å². The monoisotopic (exact) mass is 402 g/mol. The van der Waals surface area contributed by atoms with E-state index in [0.29, 0.717) is 5.75 Å². The average Bonchev–Trinajstić information content (AvgIpc) is 2.73. The molecule has 0 amide bonds. The van der Waals surface area contributed by atoms with Gasteiger partial charge in [0.1, 0.15) is 5.75 Å². The van der Waals surface area contributed by atoms with E-state index in [0.717, 1.165) is 32.1 Å². The molecule has 1 unspecified atom stereocenters. The third kappa shape index (κ3) is 10.9. The average molecular weight is 403 g/mol. The highest BCUT2D eigenvalue weighted by Gasteiger charge is 2.34. The first kappa shape index (κ1) is 25.7. The van der Waals surface area contributed by atoms with Gasteiger partial charge in [-0.2, -0.15) is 0 Å². The Hall–Kier alpha value is -1.31. The number of hydrogen-bond acceptors (Lipinski definition) is 2. The summed E-state index contributed by atoms with van der Waals surface area (Å²) >= 11 is 0. The lowest BCUT2D eigenvalue weighted by Crippen LogP contribution is -2.32. The molecule has 0 aliphatic carbocycles. The van der Waals surface area contributed by atoms with Crippen LogP contribution in [0.25, 0.3) is 0 Å². The zero-order chi connectivity index (χ0) is 21.4. The van der Waals surface area contributed by atoms with Crippen LogP contribution < -0.4 is 4.74 Å². The van der Waals surface area contributed by atoms with Crippen molar-refractivity contribution in [2.45, 2.75) is 124 Å². The normalized spacial score (nSPS) is 13.2. The third-order valence-electron chi connectivity index (χ3n) is 6.11. The molecule has 1 atom stereocenters. The second kappa shape index (κ2) is 15.5. The van der Waals surface area contributed by atoms with Crippen LogP contribution in [-0.4, -0.2) is 5.97 Å². The number of carbonyl (C=O) groups is 1. The summed E-state index contributed by atoms with van der Waals surface area (Å²) in [5.41, 5.74) is 0.959. The first-order valence-corrected chi connectivity index (χ1v) is 12.4. The fourth-order valence-electron chi connectivity index (χ4n) is 3.90. The molecule has 0 aliphatic heterocycles. The molecule has 29 heavy (non-hydrogen) atoms. The lowest BCUT2D eigenvalue weighted by molar-refractivity contribution is -0.146. The molecule has 2 nitrogen and oxygen atoms in total. The van der Waals surface area contributed by atoms with Gasteiger partial charge in [0.15, 0.2) is 0 Å². The number of esters is 1. The molecular weight excluding hydrogens is 356 g/mol. The van der Waals surface area contributed by atoms with Crippen molar-refractivity contribution in [1.82, 2.24) is 0 Å². The van der Waals surface area contributed by atoms with Crippen LogP contribution in [0.4, 0.5) is 0 Å². The molecule has 166 valence electrons. The molecule has 0 N–H and O–H groups in total. The molecule has 1 aromatic rings. The Kier molecular flexibility index (Phi) is 13.8. The molecular formula is C27H46O2. The first-order valence-electron chi connectivity index (χ1n) is 12.4. The molecule has 0 saturated carbocycles. The van der Waals surface area contributed by atoms with Gasteiger partial charge in [-0.1, -0.05) is 104 Å². The van der Waals surface area contributed by atoms with Crippen molar-refractivity contribution in [1.29, 1.82) is 0 Å². The number of ether oxygens (including phenoxy) is 1. The van der Waals surface area contributed by atoms with Gasteiger partial charge in [0.2, 0.25) is 0 Å². The molecule has 0 saturated heterocycles. The number of aryl methyl sites for hydroxylation is 1. The SMILES string of the molecule is CCCCCCCCC(C)(CCCCCC)C(=O)Oc1ccc(CCCC)cc1. The molecule has 1 rings (SSSR count). The Morgan fingerprint density at radius 3 is 1.76 bits per heavy atom. The summed E-state index contributed by atoms with van der Waals surface area (Å²) in [6.45, 7) is 8.82. The minimum absolute atomic E-state index is 0.0381. The Balaban J connectivity index is 2.62. The van der Waals surface area contributed by atoms with Gasteiger partial charge in [-0.25, -0.2) is 0 Å². The molecule has 0 fully saturated rings. The van der Waals surface area contributed by atoms with Crippen molar-refractivity contribution in [2.24, 2.45) is 5.41 Å². The third-order valence-corrected chi connectivity index (χ3v) is 6.11. The van der Waals surface area contributed by atoms with E-state index in [1.54, 1.807) is 0 Å². The summed E-state index contributed by atoms with van der Waals surface area (Å²) in [5.74, 6) is 0.654. The summed E-state index contributed by atoms with van der Waals surface area (Å²) in [7, 11) is 0. The van der Waals surface area contributed by atoms with Gasteiger partial charge in [0.05, 0.1) is 5.41 Å². The summed E-state index contributed by atoms with van der Waals surface area (Å²) < 4.78 is 5.85. The fourth-order valence-corrected chi connectivity index (χ4v) is 3.90. The smallest absolute Gasteiger partial charge is 0.317 e. The van der Waals surface area contributed by atoms with Crippen LogP contribution >= 0.6 is 0 Å². The van der Waals surface area contributed by atoms with Gasteiger partial charge in [-0.05, 0) is 50.3 Å². The lowest BCUT2D eigenvalue weighted by Gasteiger charge is -2.27. The first-order chi connectivity index (χ1) is 14.1. The van der Waals surface area contributed by atoms with E-state index in [1.165, 1.54) is 69.8 Å². The highest BCUT2D eigenvalue weighted by Crippen LogP contribution is 2.33. The topological polar surface area (TPSA) is 26.3 Å². The minimum atomic E-state index is -0.362. The van der Waals surface area contributed by atoms with E-state index in [-0.39, 0.29) is 11.4 Å². The summed E-state index contributed by atoms with van der Waals surface area (Å²) in [4.78, 5) is 13.1. The van der Waals surface area contributed by atoms with Crippen LogP contribution in [0.5, 0.6) is 5.75 Å². The zero-order valence-corrected chi connectivity index (χ0v) is 19.7. The maximum absolute atomic E-state index is 13.1. The van der Waals surface area contributed by atoms with Crippen LogP contribution in [0.3, 0.4) is 0 Å². The van der Waals surface area contributed by atoms with Crippen molar-refractivity contribution in [3.8, 4) is 5.75 Å². The Labute approximate surface area is 180 Å². The van der Waals surface area contributed by atoms with Gasteiger partial charge in [-0.3, -0.25) is 4.79 Å². The van der Waals surface area contributed by atoms with Crippen molar-refractivity contribution in [3.05, 3.63) is 29.8 Å². The molecule has 0 spiro atoms. The van der Waals surface area contributed by atoms with Crippen LogP contribution in [0.15, 0.2) is 24.3 Å². The summed E-state index contributed by atoms with van der Waals surface area (Å²) in [6.07, 6.45) is 17.7. The number of hydrogen-bond donors (Lipinski definition) is 0. The van der Waals surface area contributed by atoms with Crippen molar-refractivity contribution in [2.75, 3.05) is 0 Å². The molecule has 0 heterocycles.